The molecule has 0 saturated carbocycles. The van der Waals surface area contributed by atoms with Crippen molar-refractivity contribution in [2.24, 2.45) is 0 Å². The van der Waals surface area contributed by atoms with E-state index in [2.05, 4.69) is 41.3 Å². The molecule has 1 aromatic heterocycles. The zero-order valence-corrected chi connectivity index (χ0v) is 14.4. The molecule has 0 radical (unpaired) electrons. The molecule has 2 N–H and O–H groups in total. The van der Waals surface area contributed by atoms with Crippen molar-refractivity contribution in [1.82, 2.24) is 25.1 Å². The highest BCUT2D eigenvalue weighted by Crippen LogP contribution is 2.13. The Morgan fingerprint density at radius 3 is 2.74 bits per heavy atom. The van der Waals surface area contributed by atoms with Crippen LogP contribution in [0.5, 0.6) is 0 Å². The standard InChI is InChI=1S/C16H29N5O2/c1-13(21-10-14(2)23-15(3)11-21)9-19-16(22)18-5-4-7-20-8-6-17-12-20/h6,8,12-15H,4-5,7,9-11H2,1-3H3,(H2,18,19,22)/t13-,14-,15+/m1/s1. The zero-order valence-electron chi connectivity index (χ0n) is 14.4. The van der Waals surface area contributed by atoms with Gasteiger partial charge in [-0.15, -0.1) is 0 Å². The maximum Gasteiger partial charge on any atom is 0.314 e. The van der Waals surface area contributed by atoms with Gasteiger partial charge in [0, 0.05) is 51.2 Å². The topological polar surface area (TPSA) is 71.4 Å². The van der Waals surface area contributed by atoms with Gasteiger partial charge in [0.05, 0.1) is 18.5 Å². The van der Waals surface area contributed by atoms with E-state index in [9.17, 15) is 4.79 Å². The predicted molar refractivity (Wildman–Crippen MR) is 89.3 cm³/mol. The van der Waals surface area contributed by atoms with E-state index in [1.54, 1.807) is 12.5 Å². The minimum Gasteiger partial charge on any atom is -0.373 e. The number of nitrogens with zero attached hydrogens (tertiary/aromatic N) is 3. The minimum atomic E-state index is -0.100. The number of rotatable bonds is 7. The molecule has 0 spiro atoms. The first kappa shape index (κ1) is 17.7. The molecule has 1 aliphatic heterocycles. The average molecular weight is 323 g/mol. The fraction of sp³-hybridized carbons (Fsp3) is 0.750. The van der Waals surface area contributed by atoms with Gasteiger partial charge < -0.3 is 19.9 Å². The Kier molecular flexibility index (Phi) is 6.85. The molecule has 0 bridgehead atoms. The smallest absolute Gasteiger partial charge is 0.314 e. The normalized spacial score (nSPS) is 23.4. The monoisotopic (exact) mass is 323 g/mol. The van der Waals surface area contributed by atoms with Gasteiger partial charge in [0.1, 0.15) is 0 Å². The van der Waals surface area contributed by atoms with Crippen molar-refractivity contribution in [1.29, 1.82) is 0 Å². The van der Waals surface area contributed by atoms with Gasteiger partial charge in [0.15, 0.2) is 0 Å². The Labute approximate surface area is 138 Å². The van der Waals surface area contributed by atoms with Gasteiger partial charge in [-0.25, -0.2) is 9.78 Å². The van der Waals surface area contributed by atoms with Crippen LogP contribution in [0.25, 0.3) is 0 Å². The fourth-order valence-corrected chi connectivity index (χ4v) is 2.89. The summed E-state index contributed by atoms with van der Waals surface area (Å²) in [5, 5.41) is 5.85. The van der Waals surface area contributed by atoms with Crippen LogP contribution in [-0.4, -0.2) is 64.9 Å². The number of aryl methyl sites for hydroxylation is 1. The summed E-state index contributed by atoms with van der Waals surface area (Å²) in [6, 6.07) is 0.206. The van der Waals surface area contributed by atoms with Crippen LogP contribution in [0.4, 0.5) is 4.79 Å². The largest absolute Gasteiger partial charge is 0.373 e. The molecule has 130 valence electrons. The summed E-state index contributed by atoms with van der Waals surface area (Å²) in [5.41, 5.74) is 0. The molecule has 2 rings (SSSR count). The molecule has 2 amide bonds. The first-order valence-electron chi connectivity index (χ1n) is 8.41. The Morgan fingerprint density at radius 2 is 2.09 bits per heavy atom. The third-order valence-electron chi connectivity index (χ3n) is 4.07. The summed E-state index contributed by atoms with van der Waals surface area (Å²) >= 11 is 0. The highest BCUT2D eigenvalue weighted by atomic mass is 16.5. The van der Waals surface area contributed by atoms with E-state index in [-0.39, 0.29) is 18.2 Å². The van der Waals surface area contributed by atoms with E-state index in [0.717, 1.165) is 26.1 Å². The summed E-state index contributed by atoms with van der Waals surface area (Å²) < 4.78 is 7.74. The van der Waals surface area contributed by atoms with Crippen LogP contribution in [0.15, 0.2) is 18.7 Å². The number of hydrogen-bond acceptors (Lipinski definition) is 4. The first-order valence-corrected chi connectivity index (χ1v) is 8.41. The summed E-state index contributed by atoms with van der Waals surface area (Å²) in [7, 11) is 0. The van der Waals surface area contributed by atoms with Crippen molar-refractivity contribution in [3.63, 3.8) is 0 Å². The van der Waals surface area contributed by atoms with Crippen LogP contribution in [0.3, 0.4) is 0 Å². The summed E-state index contributed by atoms with van der Waals surface area (Å²) in [6.45, 7) is 10.3. The Bertz CT molecular complexity index is 455. The summed E-state index contributed by atoms with van der Waals surface area (Å²) in [6.07, 6.45) is 6.85. The third kappa shape index (κ3) is 6.19. The highest BCUT2D eigenvalue weighted by molar-refractivity contribution is 5.73. The van der Waals surface area contributed by atoms with Gasteiger partial charge in [0.2, 0.25) is 0 Å². The van der Waals surface area contributed by atoms with Gasteiger partial charge in [-0.2, -0.15) is 0 Å². The maximum absolute atomic E-state index is 11.8. The molecule has 1 saturated heterocycles. The molecule has 1 aromatic rings. The number of ether oxygens (including phenoxy) is 1. The maximum atomic E-state index is 11.8. The molecule has 7 nitrogen and oxygen atoms in total. The van der Waals surface area contributed by atoms with Crippen molar-refractivity contribution < 1.29 is 9.53 Å². The lowest BCUT2D eigenvalue weighted by atomic mass is 10.2. The summed E-state index contributed by atoms with van der Waals surface area (Å²) in [5.74, 6) is 0. The van der Waals surface area contributed by atoms with E-state index in [0.29, 0.717) is 19.1 Å². The molecule has 0 aliphatic carbocycles. The molecular formula is C16H29N5O2. The number of aromatic nitrogens is 2. The second kappa shape index (κ2) is 8.88. The van der Waals surface area contributed by atoms with E-state index in [1.807, 2.05) is 10.8 Å². The van der Waals surface area contributed by atoms with Gasteiger partial charge in [-0.1, -0.05) is 0 Å². The molecule has 3 atom stereocenters. The lowest BCUT2D eigenvalue weighted by Crippen LogP contribution is -2.53. The predicted octanol–water partition coefficient (Wildman–Crippen LogP) is 1.07. The molecular weight excluding hydrogens is 294 g/mol. The number of nitrogens with one attached hydrogen (secondary N) is 2. The quantitative estimate of drug-likeness (QED) is 0.736. The molecule has 23 heavy (non-hydrogen) atoms. The SMILES string of the molecule is C[C@@H]1CN([C@H](C)CNC(=O)NCCCn2ccnc2)C[C@H](C)O1. The molecule has 1 aliphatic rings. The van der Waals surface area contributed by atoms with Crippen LogP contribution < -0.4 is 10.6 Å². The number of amides is 2. The van der Waals surface area contributed by atoms with Crippen LogP contribution in [0.2, 0.25) is 0 Å². The van der Waals surface area contributed by atoms with Crippen molar-refractivity contribution in [2.75, 3.05) is 26.2 Å². The Balaban J connectivity index is 1.58. The van der Waals surface area contributed by atoms with Gasteiger partial charge in [-0.05, 0) is 27.2 Å². The van der Waals surface area contributed by atoms with E-state index in [4.69, 9.17) is 4.74 Å². The van der Waals surface area contributed by atoms with Crippen LogP contribution >= 0.6 is 0 Å². The number of morpholine rings is 1. The van der Waals surface area contributed by atoms with Gasteiger partial charge in [0.25, 0.3) is 0 Å². The second-order valence-corrected chi connectivity index (χ2v) is 6.35. The second-order valence-electron chi connectivity index (χ2n) is 6.35. The van der Waals surface area contributed by atoms with Gasteiger partial charge in [-0.3, -0.25) is 4.90 Å². The van der Waals surface area contributed by atoms with Crippen molar-refractivity contribution in [2.45, 2.75) is 52.0 Å². The lowest BCUT2D eigenvalue weighted by molar-refractivity contribution is -0.0778. The van der Waals surface area contributed by atoms with Crippen molar-refractivity contribution >= 4 is 6.03 Å². The summed E-state index contributed by atoms with van der Waals surface area (Å²) in [4.78, 5) is 18.2. The van der Waals surface area contributed by atoms with E-state index < -0.39 is 0 Å². The van der Waals surface area contributed by atoms with E-state index >= 15 is 0 Å². The molecule has 0 aromatic carbocycles. The number of imidazole rings is 1. The van der Waals surface area contributed by atoms with Gasteiger partial charge >= 0.3 is 6.03 Å². The van der Waals surface area contributed by atoms with Crippen molar-refractivity contribution in [3.8, 4) is 0 Å². The van der Waals surface area contributed by atoms with Crippen LogP contribution in [0.1, 0.15) is 27.2 Å². The van der Waals surface area contributed by atoms with Crippen LogP contribution in [0, 0.1) is 0 Å². The zero-order chi connectivity index (χ0) is 16.7. The Morgan fingerprint density at radius 1 is 1.35 bits per heavy atom. The number of carbonyl (C=O) groups is 1. The fourth-order valence-electron chi connectivity index (χ4n) is 2.89. The van der Waals surface area contributed by atoms with Crippen molar-refractivity contribution in [3.05, 3.63) is 18.7 Å². The van der Waals surface area contributed by atoms with Crippen LogP contribution in [-0.2, 0) is 11.3 Å². The number of urea groups is 1. The highest BCUT2D eigenvalue weighted by Gasteiger charge is 2.25. The average Bonchev–Trinajstić information content (AvgIpc) is 3.01. The lowest BCUT2D eigenvalue weighted by Gasteiger charge is -2.38. The molecule has 1 fully saturated rings. The molecule has 0 unspecified atom stereocenters. The van der Waals surface area contributed by atoms with E-state index in [1.165, 1.54) is 0 Å². The number of hydrogen-bond donors (Lipinski definition) is 2. The number of carbonyl (C=O) groups excluding carboxylic acids is 1. The Hall–Kier alpha value is -1.60. The minimum absolute atomic E-state index is 0.100. The third-order valence-corrected chi connectivity index (χ3v) is 4.07. The first-order chi connectivity index (χ1) is 11.0. The molecule has 7 heteroatoms. The molecule has 2 heterocycles.